The molecule has 4 rings (SSSR count). The summed E-state index contributed by atoms with van der Waals surface area (Å²) >= 11 is 0. The molecule has 0 saturated carbocycles. The first kappa shape index (κ1) is 14.0. The van der Waals surface area contributed by atoms with E-state index in [9.17, 15) is 8.78 Å². The molecule has 118 valence electrons. The van der Waals surface area contributed by atoms with Crippen molar-refractivity contribution in [3.8, 4) is 0 Å². The molecule has 0 fully saturated rings. The van der Waals surface area contributed by atoms with Gasteiger partial charge in [-0.05, 0) is 18.4 Å². The van der Waals surface area contributed by atoms with Crippen molar-refractivity contribution in [1.29, 1.82) is 0 Å². The van der Waals surface area contributed by atoms with Gasteiger partial charge in [0, 0.05) is 43.4 Å². The number of nitrogens with one attached hydrogen (secondary N) is 1. The number of imidazole rings is 1. The monoisotopic (exact) mass is 315 g/mol. The second-order valence-corrected chi connectivity index (χ2v) is 5.79. The Morgan fingerprint density at radius 3 is 2.96 bits per heavy atom. The molecule has 7 heteroatoms. The van der Waals surface area contributed by atoms with Crippen LogP contribution in [-0.2, 0) is 13.0 Å². The molecule has 0 amide bonds. The van der Waals surface area contributed by atoms with E-state index in [-0.39, 0.29) is 0 Å². The number of aryl methyl sites for hydroxylation is 1. The fourth-order valence-electron chi connectivity index (χ4n) is 3.04. The lowest BCUT2D eigenvalue weighted by atomic mass is 9.99. The number of halogens is 2. The largest absolute Gasteiger partial charge is 0.369 e. The second-order valence-electron chi connectivity index (χ2n) is 5.79. The minimum absolute atomic E-state index is 0.391. The average molecular weight is 315 g/mol. The van der Waals surface area contributed by atoms with Gasteiger partial charge >= 0.3 is 0 Å². The van der Waals surface area contributed by atoms with E-state index < -0.39 is 11.6 Å². The zero-order valence-electron chi connectivity index (χ0n) is 12.3. The first-order chi connectivity index (χ1) is 11.2. The molecule has 2 aromatic heterocycles. The molecule has 1 unspecified atom stereocenters. The van der Waals surface area contributed by atoms with Gasteiger partial charge in [0.05, 0.1) is 5.52 Å². The summed E-state index contributed by atoms with van der Waals surface area (Å²) in [7, 11) is 0. The van der Waals surface area contributed by atoms with Crippen molar-refractivity contribution in [3.05, 3.63) is 48.3 Å². The lowest BCUT2D eigenvalue weighted by molar-refractivity contribution is 0.381. The molecule has 1 aliphatic heterocycles. The van der Waals surface area contributed by atoms with Crippen LogP contribution in [0.3, 0.4) is 0 Å². The van der Waals surface area contributed by atoms with Gasteiger partial charge in [0.25, 0.3) is 0 Å². The van der Waals surface area contributed by atoms with E-state index in [1.54, 1.807) is 0 Å². The maximum absolute atomic E-state index is 13.5. The summed E-state index contributed by atoms with van der Waals surface area (Å²) in [5.41, 5.74) is 0.391. The van der Waals surface area contributed by atoms with Gasteiger partial charge in [0.15, 0.2) is 11.6 Å². The Labute approximate surface area is 131 Å². The zero-order valence-corrected chi connectivity index (χ0v) is 12.3. The van der Waals surface area contributed by atoms with E-state index in [1.165, 1.54) is 6.33 Å². The molecule has 1 atom stereocenters. The first-order valence-corrected chi connectivity index (χ1v) is 7.54. The Bertz CT molecular complexity index is 861. The van der Waals surface area contributed by atoms with Crippen molar-refractivity contribution in [2.24, 2.45) is 5.92 Å². The molecule has 0 bridgehead atoms. The van der Waals surface area contributed by atoms with Crippen LogP contribution in [0.4, 0.5) is 14.6 Å². The third kappa shape index (κ3) is 2.62. The van der Waals surface area contributed by atoms with Crippen LogP contribution < -0.4 is 5.32 Å². The zero-order chi connectivity index (χ0) is 15.8. The van der Waals surface area contributed by atoms with Gasteiger partial charge in [-0.2, -0.15) is 0 Å². The smallest absolute Gasteiger partial charge is 0.161 e. The quantitative estimate of drug-likeness (QED) is 0.807. The molecule has 1 N–H and O–H groups in total. The summed E-state index contributed by atoms with van der Waals surface area (Å²) < 4.78 is 28.9. The van der Waals surface area contributed by atoms with Crippen LogP contribution in [0, 0.1) is 17.6 Å². The number of anilines is 1. The fourth-order valence-corrected chi connectivity index (χ4v) is 3.04. The van der Waals surface area contributed by atoms with E-state index in [4.69, 9.17) is 0 Å². The van der Waals surface area contributed by atoms with Crippen LogP contribution in [-0.4, -0.2) is 26.1 Å². The maximum atomic E-state index is 13.5. The van der Waals surface area contributed by atoms with Gasteiger partial charge in [-0.15, -0.1) is 0 Å². The summed E-state index contributed by atoms with van der Waals surface area (Å²) in [4.78, 5) is 12.5. The van der Waals surface area contributed by atoms with Gasteiger partial charge in [0.1, 0.15) is 18.0 Å². The molecule has 23 heavy (non-hydrogen) atoms. The second kappa shape index (κ2) is 5.57. The van der Waals surface area contributed by atoms with Gasteiger partial charge in [0.2, 0.25) is 0 Å². The van der Waals surface area contributed by atoms with Crippen molar-refractivity contribution in [2.75, 3.05) is 11.9 Å². The number of benzene rings is 1. The van der Waals surface area contributed by atoms with E-state index in [2.05, 4.69) is 24.8 Å². The molecule has 3 aromatic rings. The molecular formula is C16H15F2N5. The van der Waals surface area contributed by atoms with E-state index in [0.29, 0.717) is 29.2 Å². The third-order valence-corrected chi connectivity index (χ3v) is 4.27. The van der Waals surface area contributed by atoms with Crippen LogP contribution >= 0.6 is 0 Å². The van der Waals surface area contributed by atoms with Crippen LogP contribution in [0.5, 0.6) is 0 Å². The van der Waals surface area contributed by atoms with Gasteiger partial charge in [-0.3, -0.25) is 0 Å². The average Bonchev–Trinajstić information content (AvgIpc) is 3.02. The van der Waals surface area contributed by atoms with Crippen molar-refractivity contribution in [3.63, 3.8) is 0 Å². The molecular weight excluding hydrogens is 300 g/mol. The van der Waals surface area contributed by atoms with Gasteiger partial charge < -0.3 is 9.88 Å². The van der Waals surface area contributed by atoms with Gasteiger partial charge in [-0.25, -0.2) is 23.7 Å². The topological polar surface area (TPSA) is 55.6 Å². The van der Waals surface area contributed by atoms with Crippen LogP contribution in [0.1, 0.15) is 12.2 Å². The molecule has 3 heterocycles. The highest BCUT2D eigenvalue weighted by Gasteiger charge is 2.19. The van der Waals surface area contributed by atoms with E-state index >= 15 is 0 Å². The predicted molar refractivity (Wildman–Crippen MR) is 82.0 cm³/mol. The van der Waals surface area contributed by atoms with Crippen molar-refractivity contribution >= 4 is 16.7 Å². The van der Waals surface area contributed by atoms with Crippen LogP contribution in [0.2, 0.25) is 0 Å². The Morgan fingerprint density at radius 2 is 2.04 bits per heavy atom. The number of hydrogen-bond acceptors (Lipinski definition) is 4. The SMILES string of the molecule is Fc1cc2ncnc(NCC3CCc4nccn4C3)c2cc1F. The Hall–Kier alpha value is -2.57. The predicted octanol–water partition coefficient (Wildman–Crippen LogP) is 2.78. The summed E-state index contributed by atoms with van der Waals surface area (Å²) in [5, 5.41) is 3.74. The normalized spacial score (nSPS) is 17.2. The van der Waals surface area contributed by atoms with Gasteiger partial charge in [-0.1, -0.05) is 0 Å². The molecule has 0 spiro atoms. The van der Waals surface area contributed by atoms with E-state index in [1.807, 2.05) is 12.4 Å². The Kier molecular flexibility index (Phi) is 3.40. The molecule has 5 nitrogen and oxygen atoms in total. The van der Waals surface area contributed by atoms with Crippen molar-refractivity contribution < 1.29 is 8.78 Å². The Balaban J connectivity index is 1.53. The highest BCUT2D eigenvalue weighted by atomic mass is 19.2. The van der Waals surface area contributed by atoms with Crippen molar-refractivity contribution in [2.45, 2.75) is 19.4 Å². The van der Waals surface area contributed by atoms with Crippen molar-refractivity contribution in [1.82, 2.24) is 19.5 Å². The number of aromatic nitrogens is 4. The highest BCUT2D eigenvalue weighted by molar-refractivity contribution is 5.88. The third-order valence-electron chi connectivity index (χ3n) is 4.27. The minimum Gasteiger partial charge on any atom is -0.369 e. The summed E-state index contributed by atoms with van der Waals surface area (Å²) in [5.74, 6) is 0.293. The van der Waals surface area contributed by atoms with Crippen LogP contribution in [0.25, 0.3) is 10.9 Å². The fraction of sp³-hybridized carbons (Fsp3) is 0.312. The standard InChI is InChI=1S/C16H15F2N5/c17-12-5-11-14(6-13(12)18)21-9-22-16(11)20-7-10-1-2-15-19-3-4-23(15)8-10/h3-6,9-10H,1-2,7-8H2,(H,20,21,22). The molecule has 0 aliphatic carbocycles. The lowest BCUT2D eigenvalue weighted by Gasteiger charge is -2.24. The summed E-state index contributed by atoms with van der Waals surface area (Å²) in [6.07, 6.45) is 7.15. The minimum atomic E-state index is -0.901. The summed E-state index contributed by atoms with van der Waals surface area (Å²) in [6, 6.07) is 2.23. The maximum Gasteiger partial charge on any atom is 0.161 e. The number of hydrogen-bond donors (Lipinski definition) is 1. The Morgan fingerprint density at radius 1 is 1.17 bits per heavy atom. The van der Waals surface area contributed by atoms with E-state index in [0.717, 1.165) is 37.3 Å². The molecule has 1 aliphatic rings. The number of nitrogens with zero attached hydrogens (tertiary/aromatic N) is 4. The molecule has 0 radical (unpaired) electrons. The highest BCUT2D eigenvalue weighted by Crippen LogP contribution is 2.24. The summed E-state index contributed by atoms with van der Waals surface area (Å²) in [6.45, 7) is 1.61. The first-order valence-electron chi connectivity index (χ1n) is 7.54. The number of rotatable bonds is 3. The lowest BCUT2D eigenvalue weighted by Crippen LogP contribution is -2.26. The molecule has 1 aromatic carbocycles. The molecule has 0 saturated heterocycles. The van der Waals surface area contributed by atoms with Crippen LogP contribution in [0.15, 0.2) is 30.9 Å². The number of fused-ring (bicyclic) bond motifs is 2.